The van der Waals surface area contributed by atoms with Crippen LogP contribution in [-0.4, -0.2) is 54.3 Å². The minimum Gasteiger partial charge on any atom is -0.397 e. The number of carbonyl (C=O) groups is 2. The molecular formula is C14H19ClN4O2. The van der Waals surface area contributed by atoms with E-state index in [-0.39, 0.29) is 24.4 Å². The molecule has 2 amide bonds. The summed E-state index contributed by atoms with van der Waals surface area (Å²) in [7, 11) is 1.76. The summed E-state index contributed by atoms with van der Waals surface area (Å²) in [6.07, 6.45) is 0. The Labute approximate surface area is 128 Å². The van der Waals surface area contributed by atoms with Crippen molar-refractivity contribution in [1.82, 2.24) is 9.80 Å². The molecule has 0 bridgehead atoms. The number of hydrogen-bond donors (Lipinski definition) is 2. The van der Waals surface area contributed by atoms with E-state index in [1.165, 1.54) is 0 Å². The second kappa shape index (κ2) is 6.32. The fourth-order valence-corrected chi connectivity index (χ4v) is 2.26. The lowest BCUT2D eigenvalue weighted by atomic mass is 10.2. The van der Waals surface area contributed by atoms with Crippen molar-refractivity contribution in [2.45, 2.75) is 13.0 Å². The number of hydrogen-bond acceptors (Lipinski definition) is 4. The number of halogens is 1. The highest BCUT2D eigenvalue weighted by Crippen LogP contribution is 2.22. The molecule has 1 fully saturated rings. The summed E-state index contributed by atoms with van der Waals surface area (Å²) in [6.45, 7) is 3.35. The van der Waals surface area contributed by atoms with Gasteiger partial charge < -0.3 is 16.0 Å². The molecule has 1 unspecified atom stereocenters. The molecule has 6 nitrogen and oxygen atoms in total. The third-order valence-corrected chi connectivity index (χ3v) is 4.02. The summed E-state index contributed by atoms with van der Waals surface area (Å²) in [5.41, 5.74) is 6.71. The Balaban J connectivity index is 1.99. The monoisotopic (exact) mass is 310 g/mol. The van der Waals surface area contributed by atoms with Gasteiger partial charge in [0.1, 0.15) is 0 Å². The van der Waals surface area contributed by atoms with Crippen LogP contribution < -0.4 is 11.1 Å². The zero-order chi connectivity index (χ0) is 15.6. The molecule has 0 radical (unpaired) electrons. The number of piperazine rings is 1. The molecule has 1 aliphatic rings. The molecule has 7 heteroatoms. The molecule has 0 spiro atoms. The van der Waals surface area contributed by atoms with Crippen LogP contribution in [0.15, 0.2) is 18.2 Å². The summed E-state index contributed by atoms with van der Waals surface area (Å²) in [5.74, 6) is -0.147. The van der Waals surface area contributed by atoms with Crippen LogP contribution in [0.2, 0.25) is 5.02 Å². The van der Waals surface area contributed by atoms with Gasteiger partial charge in [0.15, 0.2) is 0 Å². The zero-order valence-electron chi connectivity index (χ0n) is 12.1. The van der Waals surface area contributed by atoms with Gasteiger partial charge in [-0.3, -0.25) is 14.5 Å². The molecule has 0 aliphatic carbocycles. The first-order valence-electron chi connectivity index (χ1n) is 6.72. The molecular weight excluding hydrogens is 292 g/mol. The van der Waals surface area contributed by atoms with Gasteiger partial charge in [-0.05, 0) is 25.1 Å². The Morgan fingerprint density at radius 3 is 2.76 bits per heavy atom. The number of nitrogens with zero attached hydrogens (tertiary/aromatic N) is 2. The fourth-order valence-electron chi connectivity index (χ4n) is 2.14. The minimum atomic E-state index is -0.389. The predicted octanol–water partition coefficient (Wildman–Crippen LogP) is 1.02. The smallest absolute Gasteiger partial charge is 0.241 e. The van der Waals surface area contributed by atoms with Gasteiger partial charge in [0.25, 0.3) is 0 Å². The summed E-state index contributed by atoms with van der Waals surface area (Å²) in [6, 6.07) is 4.55. The number of nitrogens with one attached hydrogen (secondary N) is 1. The van der Waals surface area contributed by atoms with Crippen LogP contribution in [0.1, 0.15) is 6.92 Å². The van der Waals surface area contributed by atoms with Gasteiger partial charge in [-0.2, -0.15) is 0 Å². The van der Waals surface area contributed by atoms with Crippen LogP contribution in [-0.2, 0) is 9.59 Å². The van der Waals surface area contributed by atoms with Gasteiger partial charge in [-0.25, -0.2) is 0 Å². The van der Waals surface area contributed by atoms with Crippen LogP contribution >= 0.6 is 11.6 Å². The van der Waals surface area contributed by atoms with Crippen molar-refractivity contribution < 1.29 is 9.59 Å². The maximum atomic E-state index is 12.2. The molecule has 0 aromatic heterocycles. The van der Waals surface area contributed by atoms with Crippen molar-refractivity contribution in [1.29, 1.82) is 0 Å². The number of nitrogen functional groups attached to an aromatic ring is 1. The second-order valence-electron chi connectivity index (χ2n) is 5.19. The van der Waals surface area contributed by atoms with Gasteiger partial charge in [-0.15, -0.1) is 0 Å². The Hall–Kier alpha value is -1.79. The van der Waals surface area contributed by atoms with E-state index in [1.807, 2.05) is 4.90 Å². The van der Waals surface area contributed by atoms with E-state index in [9.17, 15) is 9.59 Å². The number of benzene rings is 1. The van der Waals surface area contributed by atoms with Gasteiger partial charge in [0, 0.05) is 25.8 Å². The normalized spacial score (nSPS) is 17.7. The molecule has 114 valence electrons. The van der Waals surface area contributed by atoms with Gasteiger partial charge in [-0.1, -0.05) is 11.6 Å². The summed E-state index contributed by atoms with van der Waals surface area (Å²) < 4.78 is 0. The number of nitrogens with two attached hydrogens (primary N) is 1. The van der Waals surface area contributed by atoms with E-state index in [2.05, 4.69) is 5.32 Å². The number of rotatable bonds is 3. The average Bonchev–Trinajstić information content (AvgIpc) is 2.45. The van der Waals surface area contributed by atoms with Crippen LogP contribution in [0.5, 0.6) is 0 Å². The molecule has 1 aromatic carbocycles. The van der Waals surface area contributed by atoms with E-state index in [0.717, 1.165) is 0 Å². The van der Waals surface area contributed by atoms with Crippen molar-refractivity contribution in [2.24, 2.45) is 0 Å². The molecule has 21 heavy (non-hydrogen) atoms. The lowest BCUT2D eigenvalue weighted by molar-refractivity contribution is -0.136. The highest BCUT2D eigenvalue weighted by atomic mass is 35.5. The molecule has 1 heterocycles. The van der Waals surface area contributed by atoms with Crippen molar-refractivity contribution in [3.05, 3.63) is 23.2 Å². The lowest BCUT2D eigenvalue weighted by Crippen LogP contribution is -2.54. The fraction of sp³-hybridized carbons (Fsp3) is 0.429. The first-order valence-corrected chi connectivity index (χ1v) is 7.10. The lowest BCUT2D eigenvalue weighted by Gasteiger charge is -2.35. The predicted molar refractivity (Wildman–Crippen MR) is 83.2 cm³/mol. The van der Waals surface area contributed by atoms with Crippen molar-refractivity contribution in [3.8, 4) is 0 Å². The summed E-state index contributed by atoms with van der Waals surface area (Å²) in [5, 5.41) is 3.24. The number of amides is 2. The van der Waals surface area contributed by atoms with Crippen LogP contribution in [0.4, 0.5) is 11.4 Å². The van der Waals surface area contributed by atoms with Crippen LogP contribution in [0.3, 0.4) is 0 Å². The van der Waals surface area contributed by atoms with Crippen LogP contribution in [0.25, 0.3) is 0 Å². The Bertz CT molecular complexity index is 564. The Morgan fingerprint density at radius 2 is 2.14 bits per heavy atom. The highest BCUT2D eigenvalue weighted by molar-refractivity contribution is 6.33. The maximum Gasteiger partial charge on any atom is 0.241 e. The zero-order valence-corrected chi connectivity index (χ0v) is 12.9. The molecule has 1 atom stereocenters. The summed E-state index contributed by atoms with van der Waals surface area (Å²) in [4.78, 5) is 27.5. The third-order valence-electron chi connectivity index (χ3n) is 3.68. The molecule has 1 aromatic rings. The van der Waals surface area contributed by atoms with Gasteiger partial charge in [0.05, 0.1) is 23.3 Å². The molecule has 1 saturated heterocycles. The SMILES string of the molecule is CC(C(=O)Nc1ccc(Cl)c(N)c1)N1CCN(C)C(=O)C1. The first-order chi connectivity index (χ1) is 9.88. The minimum absolute atomic E-state index is 0.0247. The topological polar surface area (TPSA) is 78.7 Å². The van der Waals surface area contributed by atoms with E-state index < -0.39 is 0 Å². The summed E-state index contributed by atoms with van der Waals surface area (Å²) >= 11 is 5.84. The Morgan fingerprint density at radius 1 is 1.43 bits per heavy atom. The molecule has 0 saturated carbocycles. The Kier molecular flexibility index (Phi) is 4.69. The van der Waals surface area contributed by atoms with Crippen LogP contribution in [0, 0.1) is 0 Å². The standard InChI is InChI=1S/C14H19ClN4O2/c1-9(19-6-5-18(2)13(20)8-19)14(21)17-10-3-4-11(15)12(16)7-10/h3-4,7,9H,5-6,8,16H2,1-2H3,(H,17,21). The number of likely N-dealkylation sites (N-methyl/N-ethyl adjacent to an activating group) is 1. The highest BCUT2D eigenvalue weighted by Gasteiger charge is 2.28. The molecule has 1 aliphatic heterocycles. The maximum absolute atomic E-state index is 12.2. The average molecular weight is 311 g/mol. The van der Waals surface area contributed by atoms with Crippen molar-refractivity contribution in [3.63, 3.8) is 0 Å². The largest absolute Gasteiger partial charge is 0.397 e. The van der Waals surface area contributed by atoms with E-state index in [0.29, 0.717) is 29.5 Å². The van der Waals surface area contributed by atoms with Gasteiger partial charge in [0.2, 0.25) is 11.8 Å². The van der Waals surface area contributed by atoms with E-state index >= 15 is 0 Å². The number of carbonyl (C=O) groups excluding carboxylic acids is 2. The first kappa shape index (κ1) is 15.6. The molecule has 3 N–H and O–H groups in total. The van der Waals surface area contributed by atoms with Gasteiger partial charge >= 0.3 is 0 Å². The number of anilines is 2. The quantitative estimate of drug-likeness (QED) is 0.817. The van der Waals surface area contributed by atoms with E-state index in [4.69, 9.17) is 17.3 Å². The van der Waals surface area contributed by atoms with E-state index in [1.54, 1.807) is 37.1 Å². The van der Waals surface area contributed by atoms with Crippen molar-refractivity contribution >= 4 is 34.8 Å². The second-order valence-corrected chi connectivity index (χ2v) is 5.59. The third kappa shape index (κ3) is 3.65. The van der Waals surface area contributed by atoms with Crippen molar-refractivity contribution in [2.75, 3.05) is 37.7 Å². The molecule has 2 rings (SSSR count).